The van der Waals surface area contributed by atoms with Crippen molar-refractivity contribution in [1.82, 2.24) is 4.90 Å². The molecule has 0 aliphatic heterocycles. The first-order valence-corrected chi connectivity index (χ1v) is 10.1. The molecule has 1 aliphatic rings. The zero-order chi connectivity index (χ0) is 20.9. The van der Waals surface area contributed by atoms with Crippen molar-refractivity contribution in [2.24, 2.45) is 0 Å². The van der Waals surface area contributed by atoms with Crippen LogP contribution in [0, 0.1) is 0 Å². The number of likely N-dealkylation sites (N-methyl/N-ethyl adjacent to an activating group) is 1. The van der Waals surface area contributed by atoms with Gasteiger partial charge in [0.15, 0.2) is 6.61 Å². The summed E-state index contributed by atoms with van der Waals surface area (Å²) in [6, 6.07) is 14.9. The number of benzene rings is 2. The van der Waals surface area contributed by atoms with Crippen molar-refractivity contribution in [2.45, 2.75) is 37.6 Å². The number of carbonyl (C=O) groups is 2. The van der Waals surface area contributed by atoms with Gasteiger partial charge in [-0.05, 0) is 36.6 Å². The molecule has 29 heavy (non-hydrogen) atoms. The number of hydrogen-bond donors (Lipinski definition) is 0. The van der Waals surface area contributed by atoms with Gasteiger partial charge in [-0.3, -0.25) is 9.59 Å². The number of esters is 1. The van der Waals surface area contributed by atoms with E-state index in [1.165, 1.54) is 4.90 Å². The van der Waals surface area contributed by atoms with Crippen LogP contribution in [0.25, 0.3) is 0 Å². The first-order valence-electron chi connectivity index (χ1n) is 9.75. The van der Waals surface area contributed by atoms with Gasteiger partial charge in [0.25, 0.3) is 5.91 Å². The average molecular weight is 416 g/mol. The Bertz CT molecular complexity index is 859. The van der Waals surface area contributed by atoms with Crippen LogP contribution in [0.2, 0.25) is 5.02 Å². The summed E-state index contributed by atoms with van der Waals surface area (Å²) in [7, 11) is 3.29. The van der Waals surface area contributed by atoms with Crippen molar-refractivity contribution in [1.29, 1.82) is 0 Å². The van der Waals surface area contributed by atoms with Crippen molar-refractivity contribution in [3.63, 3.8) is 0 Å². The Labute approximate surface area is 176 Å². The number of nitrogens with zero attached hydrogens (tertiary/aromatic N) is 1. The highest BCUT2D eigenvalue weighted by Gasteiger charge is 2.44. The van der Waals surface area contributed by atoms with E-state index >= 15 is 0 Å². The Balaban J connectivity index is 1.64. The third-order valence-electron chi connectivity index (χ3n) is 5.60. The predicted molar refractivity (Wildman–Crippen MR) is 112 cm³/mol. The Morgan fingerprint density at radius 3 is 2.38 bits per heavy atom. The number of para-hydroxylation sites is 1. The lowest BCUT2D eigenvalue weighted by Crippen LogP contribution is -2.38. The van der Waals surface area contributed by atoms with E-state index in [0.29, 0.717) is 11.6 Å². The fraction of sp³-hybridized carbons (Fsp3) is 0.391. The van der Waals surface area contributed by atoms with E-state index in [1.54, 1.807) is 26.3 Å². The van der Waals surface area contributed by atoms with Crippen LogP contribution in [0.15, 0.2) is 48.5 Å². The summed E-state index contributed by atoms with van der Waals surface area (Å²) in [5.41, 5.74) is 1.11. The monoisotopic (exact) mass is 415 g/mol. The fourth-order valence-electron chi connectivity index (χ4n) is 3.91. The van der Waals surface area contributed by atoms with Crippen molar-refractivity contribution >= 4 is 23.5 Å². The van der Waals surface area contributed by atoms with Crippen molar-refractivity contribution in [2.75, 3.05) is 20.8 Å². The normalized spacial score (nSPS) is 15.0. The molecular formula is C23H26ClNO4. The van der Waals surface area contributed by atoms with Crippen LogP contribution in [0.5, 0.6) is 5.75 Å². The molecule has 0 N–H and O–H groups in total. The van der Waals surface area contributed by atoms with Gasteiger partial charge in [0.05, 0.1) is 12.5 Å². The van der Waals surface area contributed by atoms with E-state index in [-0.39, 0.29) is 18.5 Å². The van der Waals surface area contributed by atoms with Crippen LogP contribution < -0.4 is 4.74 Å². The first-order chi connectivity index (χ1) is 14.0. The molecule has 0 saturated heterocycles. The zero-order valence-corrected chi connectivity index (χ0v) is 17.6. The minimum atomic E-state index is -0.688. The molecule has 0 heterocycles. The van der Waals surface area contributed by atoms with Gasteiger partial charge in [-0.1, -0.05) is 54.8 Å². The maximum absolute atomic E-state index is 13.0. The summed E-state index contributed by atoms with van der Waals surface area (Å²) in [5.74, 6) is 0.127. The van der Waals surface area contributed by atoms with Gasteiger partial charge in [0.1, 0.15) is 5.75 Å². The molecule has 0 radical (unpaired) electrons. The van der Waals surface area contributed by atoms with Gasteiger partial charge < -0.3 is 14.4 Å². The lowest BCUT2D eigenvalue weighted by Gasteiger charge is -2.27. The van der Waals surface area contributed by atoms with Crippen LogP contribution in [0.4, 0.5) is 0 Å². The third kappa shape index (κ3) is 4.73. The van der Waals surface area contributed by atoms with E-state index < -0.39 is 5.41 Å². The number of halogens is 1. The third-order valence-corrected chi connectivity index (χ3v) is 5.85. The molecule has 1 fully saturated rings. The van der Waals surface area contributed by atoms with E-state index in [2.05, 4.69) is 0 Å². The quantitative estimate of drug-likeness (QED) is 0.630. The van der Waals surface area contributed by atoms with E-state index in [9.17, 15) is 9.59 Å². The minimum absolute atomic E-state index is 0.256. The molecule has 0 unspecified atom stereocenters. The molecule has 2 aromatic rings. The first kappa shape index (κ1) is 21.2. The fourth-order valence-corrected chi connectivity index (χ4v) is 4.04. The summed E-state index contributed by atoms with van der Waals surface area (Å²) >= 11 is 5.99. The molecule has 0 atom stereocenters. The lowest BCUT2D eigenvalue weighted by atomic mass is 9.79. The van der Waals surface area contributed by atoms with Crippen molar-refractivity contribution < 1.29 is 19.1 Å². The van der Waals surface area contributed by atoms with Crippen molar-refractivity contribution in [3.05, 3.63) is 64.7 Å². The zero-order valence-electron chi connectivity index (χ0n) is 16.8. The molecule has 0 aromatic heterocycles. The standard InChI is InChI=1S/C23H26ClNO4/c1-25(15-17-7-3-4-8-20(17)28-2)21(26)16-29-22(27)23(13-5-6-14-23)18-9-11-19(24)12-10-18/h3-4,7-12H,5-6,13-16H2,1-2H3. The Morgan fingerprint density at radius 2 is 1.72 bits per heavy atom. The van der Waals surface area contributed by atoms with Crippen molar-refractivity contribution in [3.8, 4) is 5.75 Å². The SMILES string of the molecule is COc1ccccc1CN(C)C(=O)COC(=O)C1(c2ccc(Cl)cc2)CCCC1. The second-order valence-corrected chi connectivity index (χ2v) is 7.87. The van der Waals surface area contributed by atoms with Crippen LogP contribution in [0.3, 0.4) is 0 Å². The van der Waals surface area contributed by atoms with Gasteiger partial charge in [0.2, 0.25) is 0 Å². The summed E-state index contributed by atoms with van der Waals surface area (Å²) in [6.07, 6.45) is 3.36. The molecule has 0 spiro atoms. The van der Waals surface area contributed by atoms with E-state index in [1.807, 2.05) is 36.4 Å². The lowest BCUT2D eigenvalue weighted by molar-refractivity contribution is -0.156. The van der Waals surface area contributed by atoms with Gasteiger partial charge >= 0.3 is 5.97 Å². The second kappa shape index (κ2) is 9.31. The largest absolute Gasteiger partial charge is 0.496 e. The number of amides is 1. The smallest absolute Gasteiger partial charge is 0.317 e. The van der Waals surface area contributed by atoms with Gasteiger partial charge in [-0.2, -0.15) is 0 Å². The molecule has 3 rings (SSSR count). The molecule has 0 bridgehead atoms. The summed E-state index contributed by atoms with van der Waals surface area (Å²) < 4.78 is 10.8. The minimum Gasteiger partial charge on any atom is -0.496 e. The average Bonchev–Trinajstić information content (AvgIpc) is 3.23. The summed E-state index contributed by atoms with van der Waals surface area (Å²) in [6.45, 7) is 0.0997. The maximum Gasteiger partial charge on any atom is 0.317 e. The Hall–Kier alpha value is -2.53. The highest BCUT2D eigenvalue weighted by atomic mass is 35.5. The number of methoxy groups -OCH3 is 1. The molecule has 5 nitrogen and oxygen atoms in total. The molecule has 6 heteroatoms. The van der Waals surface area contributed by atoms with E-state index in [4.69, 9.17) is 21.1 Å². The van der Waals surface area contributed by atoms with Crippen LogP contribution in [0.1, 0.15) is 36.8 Å². The molecule has 1 amide bonds. The predicted octanol–water partition coefficient (Wildman–Crippen LogP) is 4.36. The number of hydrogen-bond acceptors (Lipinski definition) is 4. The molecule has 154 valence electrons. The topological polar surface area (TPSA) is 55.8 Å². The second-order valence-electron chi connectivity index (χ2n) is 7.43. The molecule has 1 aliphatic carbocycles. The molecule has 1 saturated carbocycles. The summed E-state index contributed by atoms with van der Waals surface area (Å²) in [5, 5.41) is 0.628. The Kier molecular flexibility index (Phi) is 6.80. The van der Waals surface area contributed by atoms with Crippen LogP contribution >= 0.6 is 11.6 Å². The highest BCUT2D eigenvalue weighted by molar-refractivity contribution is 6.30. The molecule has 2 aromatic carbocycles. The summed E-state index contributed by atoms with van der Waals surface area (Å²) in [4.78, 5) is 27.1. The number of carbonyl (C=O) groups excluding carboxylic acids is 2. The highest BCUT2D eigenvalue weighted by Crippen LogP contribution is 2.42. The number of rotatable bonds is 7. The van der Waals surface area contributed by atoms with Gasteiger partial charge in [0, 0.05) is 24.2 Å². The van der Waals surface area contributed by atoms with Crippen LogP contribution in [-0.2, 0) is 26.3 Å². The maximum atomic E-state index is 13.0. The molecular weight excluding hydrogens is 390 g/mol. The van der Waals surface area contributed by atoms with Gasteiger partial charge in [-0.15, -0.1) is 0 Å². The van der Waals surface area contributed by atoms with E-state index in [0.717, 1.165) is 42.6 Å². The van der Waals surface area contributed by atoms with Gasteiger partial charge in [-0.25, -0.2) is 0 Å². The van der Waals surface area contributed by atoms with Crippen LogP contribution in [-0.4, -0.2) is 37.5 Å². The Morgan fingerprint density at radius 1 is 1.07 bits per heavy atom. The number of ether oxygens (including phenoxy) is 2.